The van der Waals surface area contributed by atoms with Gasteiger partial charge in [-0.15, -0.1) is 0 Å². The van der Waals surface area contributed by atoms with Gasteiger partial charge >= 0.3 is 0 Å². The number of pyridine rings is 1. The Morgan fingerprint density at radius 3 is 2.43 bits per heavy atom. The first-order chi connectivity index (χ1) is 6.75. The molecule has 2 nitrogen and oxygen atoms in total. The van der Waals surface area contributed by atoms with Crippen LogP contribution in [0.2, 0.25) is 0 Å². The number of nitrogens with zero attached hydrogens (tertiary/aromatic N) is 1. The number of aromatic nitrogens is 1. The molecule has 2 rings (SSSR count). The van der Waals surface area contributed by atoms with E-state index < -0.39 is 0 Å². The van der Waals surface area contributed by atoms with E-state index >= 15 is 0 Å². The minimum atomic E-state index is 0.779. The van der Waals surface area contributed by atoms with E-state index in [0.717, 1.165) is 16.9 Å². The number of hydrogen-bond acceptors (Lipinski definition) is 2. The molecule has 2 N–H and O–H groups in total. The van der Waals surface area contributed by atoms with E-state index in [-0.39, 0.29) is 0 Å². The summed E-state index contributed by atoms with van der Waals surface area (Å²) in [5.74, 6) is 0. The molecule has 0 aliphatic rings. The van der Waals surface area contributed by atoms with Gasteiger partial charge in [0.15, 0.2) is 0 Å². The second-order valence-electron chi connectivity index (χ2n) is 3.34. The van der Waals surface area contributed by atoms with Crippen LogP contribution in [-0.4, -0.2) is 4.98 Å². The molecule has 0 amide bonds. The summed E-state index contributed by atoms with van der Waals surface area (Å²) in [5.41, 5.74) is 9.70. The summed E-state index contributed by atoms with van der Waals surface area (Å²) in [6.45, 7) is 2.06. The molecule has 70 valence electrons. The predicted octanol–water partition coefficient (Wildman–Crippen LogP) is 2.64. The molecule has 1 heterocycles. The molecule has 0 atom stereocenters. The number of aryl methyl sites for hydroxylation is 1. The lowest BCUT2D eigenvalue weighted by atomic mass is 10.1. The average Bonchev–Trinajstić information content (AvgIpc) is 2.19. The van der Waals surface area contributed by atoms with E-state index in [1.807, 2.05) is 36.5 Å². The SMILES string of the molecule is Cc1ccnc(-c2ccc(N)cc2)c1. The molecule has 1 aromatic carbocycles. The summed E-state index contributed by atoms with van der Waals surface area (Å²) in [6.07, 6.45) is 1.82. The highest BCUT2D eigenvalue weighted by atomic mass is 14.7. The molecule has 0 fully saturated rings. The largest absolute Gasteiger partial charge is 0.399 e. The monoisotopic (exact) mass is 184 g/mol. The summed E-state index contributed by atoms with van der Waals surface area (Å²) in [4.78, 5) is 4.30. The van der Waals surface area contributed by atoms with Crippen molar-refractivity contribution >= 4 is 5.69 Å². The Morgan fingerprint density at radius 2 is 1.79 bits per heavy atom. The lowest BCUT2D eigenvalue weighted by molar-refractivity contribution is 1.29. The zero-order chi connectivity index (χ0) is 9.97. The highest BCUT2D eigenvalue weighted by Crippen LogP contribution is 2.18. The first kappa shape index (κ1) is 8.75. The van der Waals surface area contributed by atoms with E-state index in [0.29, 0.717) is 0 Å². The Bertz CT molecular complexity index is 432. The van der Waals surface area contributed by atoms with Crippen LogP contribution in [0.4, 0.5) is 5.69 Å². The third-order valence-corrected chi connectivity index (χ3v) is 2.12. The van der Waals surface area contributed by atoms with Gasteiger partial charge in [-0.2, -0.15) is 0 Å². The maximum absolute atomic E-state index is 5.61. The molecule has 1 aromatic heterocycles. The molecule has 2 aromatic rings. The van der Waals surface area contributed by atoms with Crippen molar-refractivity contribution in [3.05, 3.63) is 48.2 Å². The fourth-order valence-corrected chi connectivity index (χ4v) is 1.35. The minimum absolute atomic E-state index is 0.779. The molecule has 14 heavy (non-hydrogen) atoms. The van der Waals surface area contributed by atoms with Crippen molar-refractivity contribution in [2.75, 3.05) is 5.73 Å². The average molecular weight is 184 g/mol. The topological polar surface area (TPSA) is 38.9 Å². The van der Waals surface area contributed by atoms with Gasteiger partial charge in [0.05, 0.1) is 5.69 Å². The van der Waals surface area contributed by atoms with Crippen LogP contribution in [0.3, 0.4) is 0 Å². The lowest BCUT2D eigenvalue weighted by Crippen LogP contribution is -1.86. The van der Waals surface area contributed by atoms with Crippen LogP contribution in [0.5, 0.6) is 0 Å². The number of nitrogen functional groups attached to an aromatic ring is 1. The van der Waals surface area contributed by atoms with E-state index in [1.165, 1.54) is 5.56 Å². The molecular formula is C12H12N2. The zero-order valence-corrected chi connectivity index (χ0v) is 8.07. The van der Waals surface area contributed by atoms with Crippen molar-refractivity contribution in [1.82, 2.24) is 4.98 Å². The maximum Gasteiger partial charge on any atom is 0.0704 e. The fraction of sp³-hybridized carbons (Fsp3) is 0.0833. The fourth-order valence-electron chi connectivity index (χ4n) is 1.35. The molecule has 0 aliphatic carbocycles. The van der Waals surface area contributed by atoms with Gasteiger partial charge in [0, 0.05) is 17.4 Å². The van der Waals surface area contributed by atoms with Crippen LogP contribution in [0.25, 0.3) is 11.3 Å². The van der Waals surface area contributed by atoms with Gasteiger partial charge in [-0.05, 0) is 36.8 Å². The van der Waals surface area contributed by atoms with E-state index in [2.05, 4.69) is 18.0 Å². The first-order valence-electron chi connectivity index (χ1n) is 4.54. The Balaban J connectivity index is 2.44. The first-order valence-corrected chi connectivity index (χ1v) is 4.54. The van der Waals surface area contributed by atoms with Crippen molar-refractivity contribution in [2.24, 2.45) is 0 Å². The molecule has 0 saturated carbocycles. The second-order valence-corrected chi connectivity index (χ2v) is 3.34. The number of anilines is 1. The predicted molar refractivity (Wildman–Crippen MR) is 58.8 cm³/mol. The molecule has 0 radical (unpaired) electrons. The van der Waals surface area contributed by atoms with Crippen LogP contribution < -0.4 is 5.73 Å². The highest BCUT2D eigenvalue weighted by Gasteiger charge is 1.97. The van der Waals surface area contributed by atoms with Crippen LogP contribution in [0.1, 0.15) is 5.56 Å². The molecular weight excluding hydrogens is 172 g/mol. The molecule has 0 spiro atoms. The summed E-state index contributed by atoms with van der Waals surface area (Å²) in [5, 5.41) is 0. The Morgan fingerprint density at radius 1 is 1.07 bits per heavy atom. The molecule has 0 saturated heterocycles. The summed E-state index contributed by atoms with van der Waals surface area (Å²) in [7, 11) is 0. The van der Waals surface area contributed by atoms with Crippen molar-refractivity contribution in [3.63, 3.8) is 0 Å². The van der Waals surface area contributed by atoms with E-state index in [1.54, 1.807) is 0 Å². The third kappa shape index (κ3) is 1.74. The Kier molecular flexibility index (Phi) is 2.19. The Labute approximate surface area is 83.4 Å². The normalized spacial score (nSPS) is 10.1. The van der Waals surface area contributed by atoms with E-state index in [4.69, 9.17) is 5.73 Å². The number of hydrogen-bond donors (Lipinski definition) is 1. The van der Waals surface area contributed by atoms with Crippen LogP contribution >= 0.6 is 0 Å². The summed E-state index contributed by atoms with van der Waals surface area (Å²) < 4.78 is 0. The standard InChI is InChI=1S/C12H12N2/c1-9-6-7-14-12(8-9)10-2-4-11(13)5-3-10/h2-8H,13H2,1H3. The molecule has 0 aliphatic heterocycles. The highest BCUT2D eigenvalue weighted by molar-refractivity contribution is 5.62. The van der Waals surface area contributed by atoms with Crippen molar-refractivity contribution in [2.45, 2.75) is 6.92 Å². The van der Waals surface area contributed by atoms with Gasteiger partial charge in [0.2, 0.25) is 0 Å². The third-order valence-electron chi connectivity index (χ3n) is 2.12. The van der Waals surface area contributed by atoms with Gasteiger partial charge < -0.3 is 5.73 Å². The van der Waals surface area contributed by atoms with Gasteiger partial charge in [-0.1, -0.05) is 12.1 Å². The number of nitrogens with two attached hydrogens (primary N) is 1. The second kappa shape index (κ2) is 3.50. The van der Waals surface area contributed by atoms with Crippen molar-refractivity contribution in [3.8, 4) is 11.3 Å². The summed E-state index contributed by atoms with van der Waals surface area (Å²) >= 11 is 0. The van der Waals surface area contributed by atoms with Gasteiger partial charge in [0.1, 0.15) is 0 Å². The van der Waals surface area contributed by atoms with Gasteiger partial charge in [0.25, 0.3) is 0 Å². The van der Waals surface area contributed by atoms with Crippen LogP contribution in [0, 0.1) is 6.92 Å². The molecule has 2 heteroatoms. The van der Waals surface area contributed by atoms with Crippen LogP contribution in [-0.2, 0) is 0 Å². The zero-order valence-electron chi connectivity index (χ0n) is 8.07. The lowest BCUT2D eigenvalue weighted by Gasteiger charge is -2.01. The summed E-state index contributed by atoms with van der Waals surface area (Å²) in [6, 6.07) is 11.8. The van der Waals surface area contributed by atoms with Gasteiger partial charge in [-0.25, -0.2) is 0 Å². The quantitative estimate of drug-likeness (QED) is 0.692. The van der Waals surface area contributed by atoms with Crippen molar-refractivity contribution < 1.29 is 0 Å². The molecule has 0 unspecified atom stereocenters. The smallest absolute Gasteiger partial charge is 0.0704 e. The van der Waals surface area contributed by atoms with Gasteiger partial charge in [-0.3, -0.25) is 4.98 Å². The van der Waals surface area contributed by atoms with E-state index in [9.17, 15) is 0 Å². The number of rotatable bonds is 1. The maximum atomic E-state index is 5.61. The van der Waals surface area contributed by atoms with Crippen LogP contribution in [0.15, 0.2) is 42.6 Å². The minimum Gasteiger partial charge on any atom is -0.399 e. The van der Waals surface area contributed by atoms with Crippen molar-refractivity contribution in [1.29, 1.82) is 0 Å². The number of benzene rings is 1. The molecule has 0 bridgehead atoms. The Hall–Kier alpha value is -1.83.